The second kappa shape index (κ2) is 8.09. The summed E-state index contributed by atoms with van der Waals surface area (Å²) in [6.45, 7) is 4.32. The molecule has 18 heavy (non-hydrogen) atoms. The Morgan fingerprint density at radius 1 is 1.50 bits per heavy atom. The molecule has 2 atom stereocenters. The zero-order chi connectivity index (χ0) is 13.4. The number of hydrogen-bond donors (Lipinski definition) is 1. The Kier molecular flexibility index (Phi) is 7.14. The lowest BCUT2D eigenvalue weighted by atomic mass is 10.2. The third-order valence-corrected chi connectivity index (χ3v) is 5.47. The second-order valence-electron chi connectivity index (χ2n) is 4.82. The maximum atomic E-state index is 11.9. The standard InChI is InChI=1S/C12H25NO4S/c1-11(18(14,15)8-4-6-16-2)9-13-10-12-5-3-7-17-12/h11-13H,3-10H2,1-2H3. The van der Waals surface area contributed by atoms with Gasteiger partial charge in [-0.05, 0) is 26.2 Å². The fourth-order valence-corrected chi connectivity index (χ4v) is 3.28. The molecule has 1 rings (SSSR count). The van der Waals surface area contributed by atoms with Gasteiger partial charge in [0.15, 0.2) is 9.84 Å². The van der Waals surface area contributed by atoms with E-state index >= 15 is 0 Å². The van der Waals surface area contributed by atoms with E-state index in [4.69, 9.17) is 9.47 Å². The number of rotatable bonds is 9. The third kappa shape index (κ3) is 5.65. The van der Waals surface area contributed by atoms with Crippen molar-refractivity contribution in [2.45, 2.75) is 37.5 Å². The van der Waals surface area contributed by atoms with Gasteiger partial charge in [0.25, 0.3) is 0 Å². The number of sulfone groups is 1. The molecule has 1 N–H and O–H groups in total. The molecule has 1 aliphatic rings. The first-order valence-electron chi connectivity index (χ1n) is 6.59. The van der Waals surface area contributed by atoms with Gasteiger partial charge in [0, 0.05) is 33.4 Å². The first kappa shape index (κ1) is 15.9. The van der Waals surface area contributed by atoms with Crippen molar-refractivity contribution in [3.05, 3.63) is 0 Å². The topological polar surface area (TPSA) is 64.6 Å². The van der Waals surface area contributed by atoms with Gasteiger partial charge in [-0.2, -0.15) is 0 Å². The fourth-order valence-electron chi connectivity index (χ4n) is 1.99. The van der Waals surface area contributed by atoms with Crippen molar-refractivity contribution in [3.63, 3.8) is 0 Å². The molecule has 108 valence electrons. The Morgan fingerprint density at radius 3 is 2.89 bits per heavy atom. The van der Waals surface area contributed by atoms with Gasteiger partial charge < -0.3 is 14.8 Å². The molecular formula is C12H25NO4S. The van der Waals surface area contributed by atoms with Crippen LogP contribution in [0.25, 0.3) is 0 Å². The van der Waals surface area contributed by atoms with E-state index in [0.717, 1.165) is 26.0 Å². The Labute approximate surface area is 110 Å². The predicted molar refractivity (Wildman–Crippen MR) is 71.6 cm³/mol. The molecule has 1 fully saturated rings. The Balaban J connectivity index is 2.19. The van der Waals surface area contributed by atoms with Crippen molar-refractivity contribution >= 4 is 9.84 Å². The summed E-state index contributed by atoms with van der Waals surface area (Å²) >= 11 is 0. The van der Waals surface area contributed by atoms with Gasteiger partial charge in [-0.15, -0.1) is 0 Å². The van der Waals surface area contributed by atoms with Gasteiger partial charge in [0.05, 0.1) is 17.1 Å². The zero-order valence-corrected chi connectivity index (χ0v) is 12.2. The van der Waals surface area contributed by atoms with Crippen molar-refractivity contribution in [1.82, 2.24) is 5.32 Å². The molecule has 0 amide bonds. The van der Waals surface area contributed by atoms with E-state index in [0.29, 0.717) is 19.6 Å². The number of methoxy groups -OCH3 is 1. The van der Waals surface area contributed by atoms with Crippen LogP contribution in [0.15, 0.2) is 0 Å². The van der Waals surface area contributed by atoms with Crippen molar-refractivity contribution in [3.8, 4) is 0 Å². The molecule has 0 bridgehead atoms. The Bertz CT molecular complexity index is 312. The predicted octanol–water partition coefficient (Wildman–Crippen LogP) is 0.595. The maximum Gasteiger partial charge on any atom is 0.154 e. The van der Waals surface area contributed by atoms with Crippen LogP contribution >= 0.6 is 0 Å². The quantitative estimate of drug-likeness (QED) is 0.626. The molecule has 0 aromatic rings. The average molecular weight is 279 g/mol. The summed E-state index contributed by atoms with van der Waals surface area (Å²) in [5.41, 5.74) is 0. The van der Waals surface area contributed by atoms with Gasteiger partial charge >= 0.3 is 0 Å². The number of hydrogen-bond acceptors (Lipinski definition) is 5. The van der Waals surface area contributed by atoms with E-state index in [-0.39, 0.29) is 17.1 Å². The summed E-state index contributed by atoms with van der Waals surface area (Å²) in [6.07, 6.45) is 3.00. The number of nitrogens with one attached hydrogen (secondary N) is 1. The molecule has 0 radical (unpaired) electrons. The van der Waals surface area contributed by atoms with Crippen LogP contribution in [0.5, 0.6) is 0 Å². The van der Waals surface area contributed by atoms with E-state index in [1.54, 1.807) is 14.0 Å². The molecule has 5 nitrogen and oxygen atoms in total. The van der Waals surface area contributed by atoms with Crippen molar-refractivity contribution < 1.29 is 17.9 Å². The van der Waals surface area contributed by atoms with Crippen LogP contribution in [0.1, 0.15) is 26.2 Å². The molecular weight excluding hydrogens is 254 g/mol. The molecule has 0 spiro atoms. The first-order chi connectivity index (χ1) is 8.56. The summed E-state index contributed by atoms with van der Waals surface area (Å²) in [6, 6.07) is 0. The molecule has 6 heteroatoms. The second-order valence-corrected chi connectivity index (χ2v) is 7.36. The van der Waals surface area contributed by atoms with E-state index in [9.17, 15) is 8.42 Å². The molecule has 0 aromatic heterocycles. The Hall–Kier alpha value is -0.170. The van der Waals surface area contributed by atoms with Crippen LogP contribution in [0.3, 0.4) is 0 Å². The van der Waals surface area contributed by atoms with Gasteiger partial charge in [0.1, 0.15) is 0 Å². The van der Waals surface area contributed by atoms with Crippen LogP contribution < -0.4 is 5.32 Å². The normalized spacial score (nSPS) is 22.2. The van der Waals surface area contributed by atoms with Crippen LogP contribution in [0.2, 0.25) is 0 Å². The minimum absolute atomic E-state index is 0.198. The minimum Gasteiger partial charge on any atom is -0.385 e. The van der Waals surface area contributed by atoms with Crippen molar-refractivity contribution in [1.29, 1.82) is 0 Å². The molecule has 0 saturated carbocycles. The van der Waals surface area contributed by atoms with Crippen LogP contribution in [0.4, 0.5) is 0 Å². The summed E-state index contributed by atoms with van der Waals surface area (Å²) in [7, 11) is -1.43. The van der Waals surface area contributed by atoms with E-state index in [2.05, 4.69) is 5.32 Å². The van der Waals surface area contributed by atoms with Crippen molar-refractivity contribution in [2.24, 2.45) is 0 Å². The largest absolute Gasteiger partial charge is 0.385 e. The van der Waals surface area contributed by atoms with Crippen LogP contribution in [-0.2, 0) is 19.3 Å². The van der Waals surface area contributed by atoms with E-state index in [1.165, 1.54) is 0 Å². The van der Waals surface area contributed by atoms with Gasteiger partial charge in [0.2, 0.25) is 0 Å². The third-order valence-electron chi connectivity index (χ3n) is 3.22. The maximum absolute atomic E-state index is 11.9. The van der Waals surface area contributed by atoms with Gasteiger partial charge in [-0.1, -0.05) is 0 Å². The lowest BCUT2D eigenvalue weighted by Gasteiger charge is -2.15. The zero-order valence-electron chi connectivity index (χ0n) is 11.4. The van der Waals surface area contributed by atoms with Crippen LogP contribution in [-0.4, -0.2) is 58.9 Å². The molecule has 1 heterocycles. The highest BCUT2D eigenvalue weighted by Crippen LogP contribution is 2.10. The molecule has 2 unspecified atom stereocenters. The van der Waals surface area contributed by atoms with Crippen LogP contribution in [0, 0.1) is 0 Å². The molecule has 0 aliphatic carbocycles. The molecule has 0 aromatic carbocycles. The Morgan fingerprint density at radius 2 is 2.28 bits per heavy atom. The summed E-state index contributed by atoms with van der Waals surface area (Å²) in [5.74, 6) is 0.198. The first-order valence-corrected chi connectivity index (χ1v) is 8.30. The SMILES string of the molecule is COCCCS(=O)(=O)C(C)CNCC1CCCO1. The highest BCUT2D eigenvalue weighted by atomic mass is 32.2. The van der Waals surface area contributed by atoms with E-state index in [1.807, 2.05) is 0 Å². The molecule has 1 aliphatic heterocycles. The lowest BCUT2D eigenvalue weighted by molar-refractivity contribution is 0.110. The smallest absolute Gasteiger partial charge is 0.154 e. The monoisotopic (exact) mass is 279 g/mol. The number of ether oxygens (including phenoxy) is 2. The van der Waals surface area contributed by atoms with Gasteiger partial charge in [-0.3, -0.25) is 0 Å². The summed E-state index contributed by atoms with van der Waals surface area (Å²) in [5, 5.41) is 2.84. The highest BCUT2D eigenvalue weighted by molar-refractivity contribution is 7.92. The van der Waals surface area contributed by atoms with E-state index < -0.39 is 9.84 Å². The van der Waals surface area contributed by atoms with Gasteiger partial charge in [-0.25, -0.2) is 8.42 Å². The summed E-state index contributed by atoms with van der Waals surface area (Å²) in [4.78, 5) is 0. The fraction of sp³-hybridized carbons (Fsp3) is 1.00. The average Bonchev–Trinajstić information content (AvgIpc) is 2.82. The summed E-state index contributed by atoms with van der Waals surface area (Å²) < 4.78 is 34.2. The lowest BCUT2D eigenvalue weighted by Crippen LogP contribution is -2.36. The minimum atomic E-state index is -3.01. The van der Waals surface area contributed by atoms with Crippen molar-refractivity contribution in [2.75, 3.05) is 39.2 Å². The molecule has 1 saturated heterocycles. The highest BCUT2D eigenvalue weighted by Gasteiger charge is 2.21.